The summed E-state index contributed by atoms with van der Waals surface area (Å²) in [6.45, 7) is 0. The van der Waals surface area contributed by atoms with Crippen LogP contribution in [0, 0.1) is 0 Å². The molecule has 4 rings (SSSR count). The van der Waals surface area contributed by atoms with Crippen molar-refractivity contribution in [2.24, 2.45) is 0 Å². The van der Waals surface area contributed by atoms with Gasteiger partial charge in [-0.25, -0.2) is 4.98 Å². The second-order valence-corrected chi connectivity index (χ2v) is 8.02. The van der Waals surface area contributed by atoms with Crippen molar-refractivity contribution in [2.75, 3.05) is 27.1 Å². The number of benzene rings is 2. The van der Waals surface area contributed by atoms with E-state index in [0.717, 1.165) is 10.9 Å². The molecule has 8 heteroatoms. The first-order chi connectivity index (χ1) is 15.0. The lowest BCUT2D eigenvalue weighted by Crippen LogP contribution is -2.04. The van der Waals surface area contributed by atoms with Crippen LogP contribution in [0.1, 0.15) is 15.2 Å². The molecule has 2 aromatic heterocycles. The SMILES string of the molecule is COc1cc(C(=O)c2sc3nc(-c4ccccc4Cl)ccc3c2N)cc(OC)c1OC. The van der Waals surface area contributed by atoms with Gasteiger partial charge in [-0.3, -0.25) is 4.79 Å². The van der Waals surface area contributed by atoms with Crippen LogP contribution in [0.3, 0.4) is 0 Å². The standard InChI is InChI=1S/C23H19ClN2O4S/c1-28-17-10-12(11-18(29-2)21(17)30-3)20(27)22-19(25)14-8-9-16(26-23(14)31-22)13-6-4-5-7-15(13)24/h4-11H,25H2,1-3H3. The van der Waals surface area contributed by atoms with Gasteiger partial charge in [-0.15, -0.1) is 11.3 Å². The number of aromatic nitrogens is 1. The molecular weight excluding hydrogens is 436 g/mol. The number of methoxy groups -OCH3 is 3. The summed E-state index contributed by atoms with van der Waals surface area (Å²) >= 11 is 7.55. The van der Waals surface area contributed by atoms with Gasteiger partial charge in [-0.2, -0.15) is 0 Å². The highest BCUT2D eigenvalue weighted by atomic mass is 35.5. The van der Waals surface area contributed by atoms with E-state index in [-0.39, 0.29) is 5.78 Å². The van der Waals surface area contributed by atoms with Crippen LogP contribution in [0.25, 0.3) is 21.5 Å². The lowest BCUT2D eigenvalue weighted by Gasteiger charge is -2.13. The van der Waals surface area contributed by atoms with Gasteiger partial charge in [-0.05, 0) is 30.3 Å². The van der Waals surface area contributed by atoms with E-state index in [1.54, 1.807) is 12.1 Å². The number of nitrogen functional groups attached to an aromatic ring is 1. The Morgan fingerprint density at radius 2 is 1.68 bits per heavy atom. The molecule has 0 fully saturated rings. The predicted molar refractivity (Wildman–Crippen MR) is 124 cm³/mol. The zero-order valence-corrected chi connectivity index (χ0v) is 18.6. The predicted octanol–water partition coefficient (Wildman–Crippen LogP) is 5.46. The number of fused-ring (bicyclic) bond motifs is 1. The number of anilines is 1. The summed E-state index contributed by atoms with van der Waals surface area (Å²) in [5, 5.41) is 1.32. The number of halogens is 1. The zero-order chi connectivity index (χ0) is 22.1. The number of thiophene rings is 1. The van der Waals surface area contributed by atoms with Crippen molar-refractivity contribution in [3.8, 4) is 28.5 Å². The van der Waals surface area contributed by atoms with Crippen molar-refractivity contribution in [2.45, 2.75) is 0 Å². The van der Waals surface area contributed by atoms with E-state index < -0.39 is 0 Å². The molecule has 0 saturated heterocycles. The van der Waals surface area contributed by atoms with Crippen molar-refractivity contribution in [1.29, 1.82) is 0 Å². The monoisotopic (exact) mass is 454 g/mol. The fraction of sp³-hybridized carbons (Fsp3) is 0.130. The number of ether oxygens (including phenoxy) is 3. The van der Waals surface area contributed by atoms with E-state index in [2.05, 4.69) is 0 Å². The second kappa shape index (κ2) is 8.45. The molecule has 158 valence electrons. The van der Waals surface area contributed by atoms with Gasteiger partial charge in [0.15, 0.2) is 11.5 Å². The molecule has 0 aliphatic heterocycles. The number of carbonyl (C=O) groups is 1. The Morgan fingerprint density at radius 3 is 2.29 bits per heavy atom. The highest BCUT2D eigenvalue weighted by Gasteiger charge is 2.23. The molecule has 2 heterocycles. The maximum atomic E-state index is 13.3. The third-order valence-electron chi connectivity index (χ3n) is 4.88. The Labute approximate surface area is 188 Å². The number of rotatable bonds is 6. The molecule has 0 unspecified atom stereocenters. The van der Waals surface area contributed by atoms with E-state index >= 15 is 0 Å². The molecule has 4 aromatic rings. The molecule has 0 amide bonds. The number of hydrogen-bond donors (Lipinski definition) is 1. The Morgan fingerprint density at radius 1 is 1.00 bits per heavy atom. The summed E-state index contributed by atoms with van der Waals surface area (Å²) in [4.78, 5) is 19.1. The van der Waals surface area contributed by atoms with Crippen molar-refractivity contribution in [3.63, 3.8) is 0 Å². The maximum absolute atomic E-state index is 13.3. The maximum Gasteiger partial charge on any atom is 0.205 e. The van der Waals surface area contributed by atoms with Gasteiger partial charge in [0.2, 0.25) is 11.5 Å². The van der Waals surface area contributed by atoms with Gasteiger partial charge in [-0.1, -0.05) is 29.8 Å². The molecule has 6 nitrogen and oxygen atoms in total. The van der Waals surface area contributed by atoms with Crippen LogP contribution >= 0.6 is 22.9 Å². The Hall–Kier alpha value is -3.29. The average molecular weight is 455 g/mol. The molecular formula is C23H19ClN2O4S. The third-order valence-corrected chi connectivity index (χ3v) is 6.32. The zero-order valence-electron chi connectivity index (χ0n) is 17.1. The minimum atomic E-state index is -0.251. The highest BCUT2D eigenvalue weighted by molar-refractivity contribution is 7.21. The minimum Gasteiger partial charge on any atom is -0.493 e. The van der Waals surface area contributed by atoms with Gasteiger partial charge in [0.05, 0.1) is 32.7 Å². The molecule has 0 atom stereocenters. The Balaban J connectivity index is 1.81. The summed E-state index contributed by atoms with van der Waals surface area (Å²) in [7, 11) is 4.51. The molecule has 2 aromatic carbocycles. The van der Waals surface area contributed by atoms with Crippen molar-refractivity contribution in [1.82, 2.24) is 4.98 Å². The normalized spacial score (nSPS) is 10.8. The second-order valence-electron chi connectivity index (χ2n) is 6.62. The van der Waals surface area contributed by atoms with Gasteiger partial charge >= 0.3 is 0 Å². The topological polar surface area (TPSA) is 83.7 Å². The highest BCUT2D eigenvalue weighted by Crippen LogP contribution is 2.41. The van der Waals surface area contributed by atoms with Crippen LogP contribution in [0.5, 0.6) is 17.2 Å². The molecule has 0 aliphatic carbocycles. The van der Waals surface area contributed by atoms with E-state index in [4.69, 9.17) is 36.5 Å². The van der Waals surface area contributed by atoms with Crippen LogP contribution in [-0.4, -0.2) is 32.1 Å². The molecule has 31 heavy (non-hydrogen) atoms. The molecule has 0 aliphatic rings. The smallest absolute Gasteiger partial charge is 0.205 e. The largest absolute Gasteiger partial charge is 0.493 e. The van der Waals surface area contributed by atoms with E-state index in [0.29, 0.717) is 48.9 Å². The first kappa shape index (κ1) is 21.0. The fourth-order valence-electron chi connectivity index (χ4n) is 3.33. The quantitative estimate of drug-likeness (QED) is 0.390. The van der Waals surface area contributed by atoms with Crippen LogP contribution in [0.15, 0.2) is 48.5 Å². The van der Waals surface area contributed by atoms with Gasteiger partial charge in [0, 0.05) is 21.5 Å². The number of ketones is 1. The van der Waals surface area contributed by atoms with E-state index in [1.807, 2.05) is 36.4 Å². The van der Waals surface area contributed by atoms with Crippen LogP contribution < -0.4 is 19.9 Å². The summed E-state index contributed by atoms with van der Waals surface area (Å²) in [6, 6.07) is 14.4. The number of nitrogens with zero attached hydrogens (tertiary/aromatic N) is 1. The fourth-order valence-corrected chi connectivity index (χ4v) is 4.62. The van der Waals surface area contributed by atoms with Crippen molar-refractivity contribution < 1.29 is 19.0 Å². The summed E-state index contributed by atoms with van der Waals surface area (Å²) < 4.78 is 16.1. The number of carbonyl (C=O) groups excluding carboxylic acids is 1. The molecule has 0 radical (unpaired) electrons. The van der Waals surface area contributed by atoms with Crippen LogP contribution in [-0.2, 0) is 0 Å². The molecule has 2 N–H and O–H groups in total. The van der Waals surface area contributed by atoms with Crippen LogP contribution in [0.2, 0.25) is 5.02 Å². The summed E-state index contributed by atoms with van der Waals surface area (Å²) in [5.41, 5.74) is 8.62. The van der Waals surface area contributed by atoms with Gasteiger partial charge in [0.25, 0.3) is 0 Å². The average Bonchev–Trinajstić information content (AvgIpc) is 3.13. The number of nitrogens with two attached hydrogens (primary N) is 1. The summed E-state index contributed by atoms with van der Waals surface area (Å²) in [6.07, 6.45) is 0. The van der Waals surface area contributed by atoms with Crippen molar-refractivity contribution >= 4 is 44.6 Å². The molecule has 0 bridgehead atoms. The lowest BCUT2D eigenvalue weighted by molar-refractivity contribution is 0.104. The number of hydrogen-bond acceptors (Lipinski definition) is 7. The summed E-state index contributed by atoms with van der Waals surface area (Å²) in [5.74, 6) is 0.948. The lowest BCUT2D eigenvalue weighted by atomic mass is 10.1. The van der Waals surface area contributed by atoms with Crippen molar-refractivity contribution in [3.05, 3.63) is 64.0 Å². The van der Waals surface area contributed by atoms with Crippen LogP contribution in [0.4, 0.5) is 5.69 Å². The first-order valence-electron chi connectivity index (χ1n) is 9.27. The van der Waals surface area contributed by atoms with Gasteiger partial charge < -0.3 is 19.9 Å². The molecule has 0 saturated carbocycles. The van der Waals surface area contributed by atoms with Gasteiger partial charge in [0.1, 0.15) is 9.71 Å². The minimum absolute atomic E-state index is 0.251. The number of pyridine rings is 1. The van der Waals surface area contributed by atoms with E-state index in [9.17, 15) is 4.79 Å². The molecule has 0 spiro atoms. The third kappa shape index (κ3) is 3.66. The van der Waals surface area contributed by atoms with E-state index in [1.165, 1.54) is 32.7 Å². The Kier molecular flexibility index (Phi) is 5.71. The first-order valence-corrected chi connectivity index (χ1v) is 10.5. The Bertz CT molecular complexity index is 1280.